The lowest BCUT2D eigenvalue weighted by molar-refractivity contribution is 0.0695. The van der Waals surface area contributed by atoms with Crippen molar-refractivity contribution in [2.45, 2.75) is 13.5 Å². The van der Waals surface area contributed by atoms with E-state index in [1.807, 2.05) is 6.92 Å². The molecule has 0 atom stereocenters. The van der Waals surface area contributed by atoms with Crippen LogP contribution in [0.15, 0.2) is 45.7 Å². The molecule has 0 spiro atoms. The Morgan fingerprint density at radius 3 is 2.63 bits per heavy atom. The van der Waals surface area contributed by atoms with Crippen molar-refractivity contribution in [2.24, 2.45) is 0 Å². The number of benzene rings is 1. The van der Waals surface area contributed by atoms with Crippen molar-refractivity contribution in [2.75, 3.05) is 0 Å². The number of hydrogen-bond acceptors (Lipinski definition) is 2. The Morgan fingerprint density at radius 2 is 1.95 bits per heavy atom. The maximum atomic E-state index is 11.9. The molecule has 1 aromatic carbocycles. The summed E-state index contributed by atoms with van der Waals surface area (Å²) in [5.74, 6) is -0.990. The molecule has 0 aliphatic carbocycles. The van der Waals surface area contributed by atoms with Crippen molar-refractivity contribution in [3.8, 4) is 0 Å². The minimum absolute atomic E-state index is 0.152. The summed E-state index contributed by atoms with van der Waals surface area (Å²) >= 11 is 3.36. The van der Waals surface area contributed by atoms with Gasteiger partial charge < -0.3 is 9.67 Å². The van der Waals surface area contributed by atoms with Gasteiger partial charge in [-0.05, 0) is 40.5 Å². The van der Waals surface area contributed by atoms with Crippen molar-refractivity contribution < 1.29 is 9.90 Å². The van der Waals surface area contributed by atoms with Crippen LogP contribution in [0.3, 0.4) is 0 Å². The van der Waals surface area contributed by atoms with Gasteiger partial charge in [-0.3, -0.25) is 4.79 Å². The Morgan fingerprint density at radius 1 is 1.26 bits per heavy atom. The van der Waals surface area contributed by atoms with Crippen LogP contribution in [0.25, 0.3) is 0 Å². The van der Waals surface area contributed by atoms with E-state index in [4.69, 9.17) is 5.11 Å². The molecule has 0 unspecified atom stereocenters. The summed E-state index contributed by atoms with van der Waals surface area (Å²) in [5, 5.41) is 9.14. The highest BCUT2D eigenvalue weighted by Crippen LogP contribution is 2.16. The second kappa shape index (κ2) is 5.40. The first-order chi connectivity index (χ1) is 9.00. The smallest absolute Gasteiger partial charge is 0.336 e. The predicted octanol–water partition coefficient (Wildman–Crippen LogP) is 2.67. The fraction of sp³-hybridized carbons (Fsp3) is 0.143. The van der Waals surface area contributed by atoms with Gasteiger partial charge in [-0.2, -0.15) is 0 Å². The number of carboxylic acids is 1. The molecule has 5 heteroatoms. The van der Waals surface area contributed by atoms with Gasteiger partial charge in [0.15, 0.2) is 0 Å². The van der Waals surface area contributed by atoms with Gasteiger partial charge in [0.1, 0.15) is 0 Å². The van der Waals surface area contributed by atoms with Gasteiger partial charge in [0.05, 0.1) is 12.1 Å². The van der Waals surface area contributed by atoms with Crippen LogP contribution in [-0.4, -0.2) is 15.6 Å². The van der Waals surface area contributed by atoms with E-state index in [2.05, 4.69) is 15.9 Å². The number of carbonyl (C=O) groups is 1. The quantitative estimate of drug-likeness (QED) is 0.945. The van der Waals surface area contributed by atoms with Crippen LogP contribution in [0.1, 0.15) is 21.6 Å². The molecule has 0 amide bonds. The van der Waals surface area contributed by atoms with Gasteiger partial charge in [0.25, 0.3) is 5.56 Å². The molecule has 0 aliphatic rings. The molecular weight excluding hydrogens is 310 g/mol. The van der Waals surface area contributed by atoms with Crippen molar-refractivity contribution in [1.29, 1.82) is 0 Å². The predicted molar refractivity (Wildman–Crippen MR) is 75.6 cm³/mol. The van der Waals surface area contributed by atoms with E-state index in [0.29, 0.717) is 5.56 Å². The largest absolute Gasteiger partial charge is 0.478 e. The van der Waals surface area contributed by atoms with E-state index in [9.17, 15) is 9.59 Å². The van der Waals surface area contributed by atoms with E-state index in [-0.39, 0.29) is 17.7 Å². The third-order valence-electron chi connectivity index (χ3n) is 2.97. The van der Waals surface area contributed by atoms with Crippen LogP contribution in [-0.2, 0) is 6.54 Å². The number of hydrogen-bond donors (Lipinski definition) is 1. The van der Waals surface area contributed by atoms with Crippen molar-refractivity contribution in [3.63, 3.8) is 0 Å². The number of aromatic carboxylic acids is 1. The van der Waals surface area contributed by atoms with Gasteiger partial charge in [0, 0.05) is 16.2 Å². The maximum absolute atomic E-state index is 11.9. The Kier molecular flexibility index (Phi) is 3.85. The number of rotatable bonds is 3. The topological polar surface area (TPSA) is 59.3 Å². The van der Waals surface area contributed by atoms with Crippen molar-refractivity contribution in [1.82, 2.24) is 4.57 Å². The van der Waals surface area contributed by atoms with Crippen LogP contribution < -0.4 is 5.56 Å². The summed E-state index contributed by atoms with van der Waals surface area (Å²) < 4.78 is 2.37. The Hall–Kier alpha value is -1.88. The van der Waals surface area contributed by atoms with Crippen LogP contribution >= 0.6 is 15.9 Å². The molecule has 0 bridgehead atoms. The summed E-state index contributed by atoms with van der Waals surface area (Å²) in [6, 6.07) is 9.84. The molecule has 0 saturated carbocycles. The highest BCUT2D eigenvalue weighted by molar-refractivity contribution is 9.10. The zero-order valence-corrected chi connectivity index (χ0v) is 11.8. The molecule has 1 N–H and O–H groups in total. The molecule has 0 saturated heterocycles. The SMILES string of the molecule is Cc1c(Br)ccc(=O)n1Cc1ccccc1C(=O)O. The van der Waals surface area contributed by atoms with E-state index in [1.165, 1.54) is 12.1 Å². The molecule has 4 nitrogen and oxygen atoms in total. The lowest BCUT2D eigenvalue weighted by Crippen LogP contribution is -2.23. The molecule has 0 radical (unpaired) electrons. The summed E-state index contributed by atoms with van der Waals surface area (Å²) in [7, 11) is 0. The van der Waals surface area contributed by atoms with Crippen LogP contribution in [0.5, 0.6) is 0 Å². The standard InChI is InChI=1S/C14H12BrNO3/c1-9-12(15)6-7-13(17)16(9)8-10-4-2-3-5-11(10)14(18)19/h2-7H,8H2,1H3,(H,18,19). The van der Waals surface area contributed by atoms with Gasteiger partial charge in [-0.25, -0.2) is 4.79 Å². The first-order valence-corrected chi connectivity index (χ1v) is 6.47. The Labute approximate surface area is 118 Å². The number of aromatic nitrogens is 1. The maximum Gasteiger partial charge on any atom is 0.336 e. The van der Waals surface area contributed by atoms with E-state index in [1.54, 1.807) is 28.8 Å². The number of pyridine rings is 1. The van der Waals surface area contributed by atoms with Gasteiger partial charge in [0.2, 0.25) is 0 Å². The fourth-order valence-corrected chi connectivity index (χ4v) is 2.23. The van der Waals surface area contributed by atoms with E-state index >= 15 is 0 Å². The van der Waals surface area contributed by atoms with Crippen LogP contribution in [0, 0.1) is 6.92 Å². The van der Waals surface area contributed by atoms with E-state index < -0.39 is 5.97 Å². The average molecular weight is 322 g/mol. The Balaban J connectivity index is 2.51. The molecule has 2 aromatic rings. The van der Waals surface area contributed by atoms with Gasteiger partial charge in [-0.15, -0.1) is 0 Å². The third-order valence-corrected chi connectivity index (χ3v) is 3.80. The first kappa shape index (κ1) is 13.5. The molecule has 1 heterocycles. The zero-order chi connectivity index (χ0) is 14.0. The highest BCUT2D eigenvalue weighted by Gasteiger charge is 2.11. The Bertz CT molecular complexity index is 691. The summed E-state index contributed by atoms with van der Waals surface area (Å²) in [5.41, 5.74) is 1.45. The van der Waals surface area contributed by atoms with Crippen LogP contribution in [0.4, 0.5) is 0 Å². The summed E-state index contributed by atoms with van der Waals surface area (Å²) in [6.45, 7) is 2.06. The highest BCUT2D eigenvalue weighted by atomic mass is 79.9. The summed E-state index contributed by atoms with van der Waals surface area (Å²) in [4.78, 5) is 23.0. The van der Waals surface area contributed by atoms with Crippen LogP contribution in [0.2, 0.25) is 0 Å². The molecule has 1 aromatic heterocycles. The number of halogens is 1. The zero-order valence-electron chi connectivity index (χ0n) is 10.3. The van der Waals surface area contributed by atoms with Crippen molar-refractivity contribution in [3.05, 3.63) is 68.0 Å². The minimum Gasteiger partial charge on any atom is -0.478 e. The van der Waals surface area contributed by atoms with Gasteiger partial charge >= 0.3 is 5.97 Å². The fourth-order valence-electron chi connectivity index (χ4n) is 1.88. The normalized spacial score (nSPS) is 10.4. The summed E-state index contributed by atoms with van der Waals surface area (Å²) in [6.07, 6.45) is 0. The monoisotopic (exact) mass is 321 g/mol. The van der Waals surface area contributed by atoms with Gasteiger partial charge in [-0.1, -0.05) is 18.2 Å². The van der Waals surface area contributed by atoms with Crippen molar-refractivity contribution >= 4 is 21.9 Å². The third kappa shape index (κ3) is 2.76. The number of carboxylic acid groups (broad SMARTS) is 1. The van der Waals surface area contributed by atoms with E-state index in [0.717, 1.165) is 10.2 Å². The lowest BCUT2D eigenvalue weighted by atomic mass is 10.1. The molecule has 19 heavy (non-hydrogen) atoms. The second-order valence-corrected chi connectivity index (χ2v) is 5.01. The number of nitrogens with zero attached hydrogens (tertiary/aromatic N) is 1. The molecule has 0 aliphatic heterocycles. The molecule has 0 fully saturated rings. The average Bonchev–Trinajstić information content (AvgIpc) is 2.39. The molecule has 2 rings (SSSR count). The minimum atomic E-state index is -0.990. The first-order valence-electron chi connectivity index (χ1n) is 5.68. The molecule has 98 valence electrons. The molecular formula is C14H12BrNO3. The lowest BCUT2D eigenvalue weighted by Gasteiger charge is -2.12. The second-order valence-electron chi connectivity index (χ2n) is 4.15.